The van der Waals surface area contributed by atoms with Crippen LogP contribution in [0.3, 0.4) is 0 Å². The smallest absolute Gasteiger partial charge is 0.155 e. The van der Waals surface area contributed by atoms with Crippen molar-refractivity contribution in [1.82, 2.24) is 25.1 Å². The Morgan fingerprint density at radius 1 is 1.07 bits per heavy atom. The van der Waals surface area contributed by atoms with E-state index in [0.29, 0.717) is 0 Å². The van der Waals surface area contributed by atoms with Crippen LogP contribution in [-0.2, 0) is 0 Å². The monoisotopic (exact) mass is 197 g/mol. The largest absolute Gasteiger partial charge is 0.261 e. The molecule has 3 aromatic rings. The number of pyridine rings is 1. The molecule has 0 aliphatic carbocycles. The molecule has 0 radical (unpaired) electrons. The molecule has 3 rings (SSSR count). The Morgan fingerprint density at radius 3 is 2.93 bits per heavy atom. The molecule has 0 amide bonds. The van der Waals surface area contributed by atoms with E-state index in [2.05, 4.69) is 25.1 Å². The van der Waals surface area contributed by atoms with Crippen LogP contribution in [0.5, 0.6) is 0 Å². The highest BCUT2D eigenvalue weighted by molar-refractivity contribution is 5.90. The Balaban J connectivity index is 2.31. The van der Waals surface area contributed by atoms with Crippen molar-refractivity contribution in [1.29, 1.82) is 0 Å². The number of H-pyrrole nitrogens is 1. The molecule has 0 saturated heterocycles. The second kappa shape index (κ2) is 3.13. The lowest BCUT2D eigenvalue weighted by Gasteiger charge is -1.99. The summed E-state index contributed by atoms with van der Waals surface area (Å²) in [7, 11) is 0. The number of rotatable bonds is 1. The fourth-order valence-corrected chi connectivity index (χ4v) is 1.52. The molecule has 3 aromatic heterocycles. The molecule has 0 spiro atoms. The maximum Gasteiger partial charge on any atom is 0.155 e. The summed E-state index contributed by atoms with van der Waals surface area (Å²) in [5.74, 6) is 0. The first-order chi connectivity index (χ1) is 7.45. The van der Waals surface area contributed by atoms with E-state index in [1.807, 2.05) is 12.1 Å². The van der Waals surface area contributed by atoms with Crippen LogP contribution in [-0.4, -0.2) is 25.1 Å². The van der Waals surface area contributed by atoms with Gasteiger partial charge in [-0.25, -0.2) is 15.0 Å². The molecule has 0 aliphatic heterocycles. The number of fused-ring (bicyclic) bond motifs is 1. The molecule has 5 nitrogen and oxygen atoms in total. The summed E-state index contributed by atoms with van der Waals surface area (Å²) >= 11 is 0. The van der Waals surface area contributed by atoms with Crippen LogP contribution in [0.15, 0.2) is 37.1 Å². The molecule has 0 atom stereocenters. The van der Waals surface area contributed by atoms with E-state index in [9.17, 15) is 0 Å². The summed E-state index contributed by atoms with van der Waals surface area (Å²) in [5, 5.41) is 7.75. The van der Waals surface area contributed by atoms with Crippen molar-refractivity contribution in [3.8, 4) is 11.3 Å². The molecule has 0 saturated carbocycles. The van der Waals surface area contributed by atoms with Gasteiger partial charge in [-0.2, -0.15) is 5.10 Å². The van der Waals surface area contributed by atoms with Crippen LogP contribution in [0.4, 0.5) is 0 Å². The third-order valence-electron chi connectivity index (χ3n) is 2.21. The lowest BCUT2D eigenvalue weighted by molar-refractivity contribution is 1.10. The van der Waals surface area contributed by atoms with Crippen molar-refractivity contribution in [2.24, 2.45) is 0 Å². The molecular formula is C10H7N5. The summed E-state index contributed by atoms with van der Waals surface area (Å²) in [6.07, 6.45) is 6.73. The zero-order valence-corrected chi connectivity index (χ0v) is 7.75. The Hall–Kier alpha value is -2.30. The van der Waals surface area contributed by atoms with Crippen LogP contribution in [0.25, 0.3) is 22.3 Å². The average Bonchev–Trinajstić information content (AvgIpc) is 2.78. The maximum atomic E-state index is 4.20. The predicted molar refractivity (Wildman–Crippen MR) is 54.9 cm³/mol. The topological polar surface area (TPSA) is 67.3 Å². The van der Waals surface area contributed by atoms with E-state index in [1.54, 1.807) is 18.6 Å². The highest BCUT2D eigenvalue weighted by atomic mass is 15.1. The minimum atomic E-state index is 0.770. The van der Waals surface area contributed by atoms with Crippen molar-refractivity contribution in [2.45, 2.75) is 0 Å². The first-order valence-electron chi connectivity index (χ1n) is 4.49. The zero-order valence-electron chi connectivity index (χ0n) is 7.75. The Labute approximate surface area is 85.2 Å². The van der Waals surface area contributed by atoms with Crippen molar-refractivity contribution >= 4 is 11.0 Å². The average molecular weight is 197 g/mol. The summed E-state index contributed by atoms with van der Waals surface area (Å²) in [6, 6.07) is 3.78. The summed E-state index contributed by atoms with van der Waals surface area (Å²) in [4.78, 5) is 12.3. The highest BCUT2D eigenvalue weighted by Gasteiger charge is 2.05. The number of nitrogens with zero attached hydrogens (tertiary/aromatic N) is 4. The Kier molecular flexibility index (Phi) is 1.68. The normalized spacial score (nSPS) is 10.7. The first-order valence-corrected chi connectivity index (χ1v) is 4.49. The molecule has 0 aromatic carbocycles. The van der Waals surface area contributed by atoms with Crippen LogP contribution in [0, 0.1) is 0 Å². The quantitative estimate of drug-likeness (QED) is 0.640. The van der Waals surface area contributed by atoms with Crippen molar-refractivity contribution in [2.75, 3.05) is 0 Å². The lowest BCUT2D eigenvalue weighted by Crippen LogP contribution is -1.85. The fraction of sp³-hybridized carbons (Fsp3) is 0. The second-order valence-electron chi connectivity index (χ2n) is 3.09. The van der Waals surface area contributed by atoms with E-state index in [0.717, 1.165) is 22.3 Å². The molecule has 5 heteroatoms. The van der Waals surface area contributed by atoms with Gasteiger partial charge in [0.2, 0.25) is 0 Å². The maximum absolute atomic E-state index is 4.20. The van der Waals surface area contributed by atoms with E-state index >= 15 is 0 Å². The Bertz CT molecular complexity index is 587. The SMILES string of the molecule is c1cc(-c2ccnc3[nH]ncc23)ncn1. The van der Waals surface area contributed by atoms with Gasteiger partial charge in [0.25, 0.3) is 0 Å². The van der Waals surface area contributed by atoms with Crippen LogP contribution >= 0.6 is 0 Å². The standard InChI is InChI=1S/C10H7N5/c1-4-12-10-8(5-14-15-10)7(1)9-2-3-11-6-13-9/h1-6H,(H,12,14,15). The van der Waals surface area contributed by atoms with Crippen molar-refractivity contribution in [3.63, 3.8) is 0 Å². The number of nitrogens with one attached hydrogen (secondary N) is 1. The zero-order chi connectivity index (χ0) is 10.1. The molecule has 0 aliphatic rings. The van der Waals surface area contributed by atoms with Gasteiger partial charge in [-0.05, 0) is 12.1 Å². The van der Waals surface area contributed by atoms with E-state index in [4.69, 9.17) is 0 Å². The van der Waals surface area contributed by atoms with E-state index in [1.165, 1.54) is 6.33 Å². The Morgan fingerprint density at radius 2 is 2.07 bits per heavy atom. The van der Waals surface area contributed by atoms with Gasteiger partial charge in [0, 0.05) is 23.3 Å². The van der Waals surface area contributed by atoms with Crippen LogP contribution in [0.1, 0.15) is 0 Å². The minimum Gasteiger partial charge on any atom is -0.261 e. The number of hydrogen-bond donors (Lipinski definition) is 1. The second-order valence-corrected chi connectivity index (χ2v) is 3.09. The van der Waals surface area contributed by atoms with Crippen molar-refractivity contribution in [3.05, 3.63) is 37.1 Å². The molecular weight excluding hydrogens is 190 g/mol. The van der Waals surface area contributed by atoms with Gasteiger partial charge in [-0.3, -0.25) is 5.10 Å². The van der Waals surface area contributed by atoms with Crippen LogP contribution < -0.4 is 0 Å². The van der Waals surface area contributed by atoms with Gasteiger partial charge in [0.05, 0.1) is 11.9 Å². The summed E-state index contributed by atoms with van der Waals surface area (Å²) < 4.78 is 0. The van der Waals surface area contributed by atoms with Gasteiger partial charge in [0.15, 0.2) is 5.65 Å². The van der Waals surface area contributed by atoms with Crippen LogP contribution in [0.2, 0.25) is 0 Å². The van der Waals surface area contributed by atoms with Gasteiger partial charge < -0.3 is 0 Å². The molecule has 3 heterocycles. The highest BCUT2D eigenvalue weighted by Crippen LogP contribution is 2.23. The van der Waals surface area contributed by atoms with Crippen molar-refractivity contribution < 1.29 is 0 Å². The van der Waals surface area contributed by atoms with E-state index < -0.39 is 0 Å². The molecule has 0 unspecified atom stereocenters. The molecule has 0 fully saturated rings. The number of aromatic amines is 1. The minimum absolute atomic E-state index is 0.770. The lowest BCUT2D eigenvalue weighted by atomic mass is 10.1. The van der Waals surface area contributed by atoms with E-state index in [-0.39, 0.29) is 0 Å². The predicted octanol–water partition coefficient (Wildman–Crippen LogP) is 1.41. The third kappa shape index (κ3) is 1.25. The van der Waals surface area contributed by atoms with Gasteiger partial charge in [-0.15, -0.1) is 0 Å². The molecule has 0 bridgehead atoms. The van der Waals surface area contributed by atoms with Gasteiger partial charge in [0.1, 0.15) is 6.33 Å². The number of hydrogen-bond acceptors (Lipinski definition) is 4. The molecule has 1 N–H and O–H groups in total. The van der Waals surface area contributed by atoms with Gasteiger partial charge >= 0.3 is 0 Å². The molecule has 72 valence electrons. The summed E-state index contributed by atoms with van der Waals surface area (Å²) in [5.41, 5.74) is 2.65. The first kappa shape index (κ1) is 8.05. The number of aromatic nitrogens is 5. The molecule has 15 heavy (non-hydrogen) atoms. The third-order valence-corrected chi connectivity index (χ3v) is 2.21. The summed E-state index contributed by atoms with van der Waals surface area (Å²) in [6.45, 7) is 0. The fourth-order valence-electron chi connectivity index (χ4n) is 1.52. The van der Waals surface area contributed by atoms with Gasteiger partial charge in [-0.1, -0.05) is 0 Å².